The number of nitrogens with one attached hydrogen (secondary N) is 2. The maximum absolute atomic E-state index is 13.1. The summed E-state index contributed by atoms with van der Waals surface area (Å²) in [4.78, 5) is 40.9. The van der Waals surface area contributed by atoms with Crippen LogP contribution in [-0.2, 0) is 4.74 Å². The fraction of sp³-hybridized carbons (Fsp3) is 0.440. The molecule has 0 aliphatic carbocycles. The highest BCUT2D eigenvalue weighted by Gasteiger charge is 2.21. The molecule has 2 aromatic rings. The topological polar surface area (TPSA) is 117 Å². The molecule has 0 saturated carbocycles. The molecule has 0 spiro atoms. The van der Waals surface area contributed by atoms with Crippen molar-refractivity contribution in [2.45, 2.75) is 19.3 Å². The highest BCUT2D eigenvalue weighted by atomic mass is 16.6. The van der Waals surface area contributed by atoms with E-state index in [4.69, 9.17) is 4.74 Å². The van der Waals surface area contributed by atoms with Crippen molar-refractivity contribution in [2.24, 2.45) is 0 Å². The van der Waals surface area contributed by atoms with Crippen molar-refractivity contribution in [3.8, 4) is 0 Å². The molecule has 2 fully saturated rings. The monoisotopic (exact) mass is 481 g/mol. The molecule has 2 N–H and O–H groups in total. The molecule has 10 heteroatoms. The Bertz CT molecular complexity index is 1060. The van der Waals surface area contributed by atoms with E-state index in [1.165, 1.54) is 24.3 Å². The second-order valence-electron chi connectivity index (χ2n) is 8.75. The molecule has 4 rings (SSSR count). The summed E-state index contributed by atoms with van der Waals surface area (Å²) in [5, 5.41) is 16.8. The Kier molecular flexibility index (Phi) is 8.27. The van der Waals surface area contributed by atoms with Crippen LogP contribution in [0.3, 0.4) is 0 Å². The molecule has 186 valence electrons. The summed E-state index contributed by atoms with van der Waals surface area (Å²) in [5.41, 5.74) is 1.84. The van der Waals surface area contributed by atoms with Crippen molar-refractivity contribution in [2.75, 3.05) is 62.7 Å². The third-order valence-electron chi connectivity index (χ3n) is 6.31. The summed E-state index contributed by atoms with van der Waals surface area (Å²) in [7, 11) is 0. The lowest BCUT2D eigenvalue weighted by Crippen LogP contribution is -2.38. The first-order valence-electron chi connectivity index (χ1n) is 12.0. The van der Waals surface area contributed by atoms with Crippen LogP contribution in [0.1, 0.15) is 40.0 Å². The summed E-state index contributed by atoms with van der Waals surface area (Å²) in [5.74, 6) is -0.653. The van der Waals surface area contributed by atoms with Crippen LogP contribution in [0, 0.1) is 10.1 Å². The Labute approximate surface area is 204 Å². The first-order valence-corrected chi connectivity index (χ1v) is 12.0. The van der Waals surface area contributed by atoms with Gasteiger partial charge in [-0.25, -0.2) is 0 Å². The smallest absolute Gasteiger partial charge is 0.270 e. The first-order chi connectivity index (χ1) is 17.0. The second-order valence-corrected chi connectivity index (χ2v) is 8.75. The van der Waals surface area contributed by atoms with Crippen LogP contribution in [-0.4, -0.2) is 74.1 Å². The largest absolute Gasteiger partial charge is 0.379 e. The molecular weight excluding hydrogens is 450 g/mol. The van der Waals surface area contributed by atoms with Gasteiger partial charge in [0.15, 0.2) is 0 Å². The van der Waals surface area contributed by atoms with Crippen LogP contribution in [0.15, 0.2) is 42.5 Å². The van der Waals surface area contributed by atoms with Gasteiger partial charge in [0.05, 0.1) is 23.7 Å². The first kappa shape index (κ1) is 24.6. The Hall–Kier alpha value is -3.50. The summed E-state index contributed by atoms with van der Waals surface area (Å²) >= 11 is 0. The average Bonchev–Trinajstić information content (AvgIpc) is 3.42. The van der Waals surface area contributed by atoms with Gasteiger partial charge >= 0.3 is 0 Å². The number of morpholine rings is 1. The summed E-state index contributed by atoms with van der Waals surface area (Å²) in [6.07, 6.45) is 2.99. The van der Waals surface area contributed by atoms with Crippen LogP contribution in [0.5, 0.6) is 0 Å². The van der Waals surface area contributed by atoms with E-state index in [9.17, 15) is 19.7 Å². The fourth-order valence-electron chi connectivity index (χ4n) is 4.42. The van der Waals surface area contributed by atoms with Crippen molar-refractivity contribution in [3.63, 3.8) is 0 Å². The van der Waals surface area contributed by atoms with Crippen molar-refractivity contribution in [1.82, 2.24) is 10.2 Å². The number of nitro groups is 1. The zero-order chi connectivity index (χ0) is 24.6. The minimum absolute atomic E-state index is 0.154. The number of amides is 2. The van der Waals surface area contributed by atoms with E-state index in [0.717, 1.165) is 70.9 Å². The molecule has 0 bridgehead atoms. The van der Waals surface area contributed by atoms with Crippen molar-refractivity contribution >= 4 is 28.9 Å². The molecule has 0 atom stereocenters. The predicted molar refractivity (Wildman–Crippen MR) is 133 cm³/mol. The molecule has 2 aromatic carbocycles. The second kappa shape index (κ2) is 11.8. The molecule has 35 heavy (non-hydrogen) atoms. The zero-order valence-electron chi connectivity index (χ0n) is 19.7. The summed E-state index contributed by atoms with van der Waals surface area (Å²) in [6, 6.07) is 10.9. The van der Waals surface area contributed by atoms with Crippen LogP contribution in [0.2, 0.25) is 0 Å². The number of non-ortho nitro benzene ring substituents is 1. The van der Waals surface area contributed by atoms with Gasteiger partial charge < -0.3 is 20.3 Å². The number of ether oxygens (including phenoxy) is 1. The normalized spacial score (nSPS) is 16.2. The van der Waals surface area contributed by atoms with Gasteiger partial charge in [0.1, 0.15) is 0 Å². The average molecular weight is 482 g/mol. The molecule has 0 unspecified atom stereocenters. The highest BCUT2D eigenvalue weighted by molar-refractivity contribution is 6.06. The zero-order valence-corrected chi connectivity index (χ0v) is 19.7. The van der Waals surface area contributed by atoms with Gasteiger partial charge in [0, 0.05) is 61.8 Å². The third kappa shape index (κ3) is 6.55. The summed E-state index contributed by atoms with van der Waals surface area (Å²) < 4.78 is 5.37. The molecule has 0 aromatic heterocycles. The van der Waals surface area contributed by atoms with Gasteiger partial charge in [-0.3, -0.25) is 24.6 Å². The van der Waals surface area contributed by atoms with Crippen LogP contribution in [0.4, 0.5) is 17.1 Å². The van der Waals surface area contributed by atoms with E-state index in [0.29, 0.717) is 17.8 Å². The van der Waals surface area contributed by atoms with E-state index >= 15 is 0 Å². The number of hydrogen-bond acceptors (Lipinski definition) is 7. The van der Waals surface area contributed by atoms with Crippen molar-refractivity contribution in [1.29, 1.82) is 0 Å². The minimum Gasteiger partial charge on any atom is -0.379 e. The molecule has 2 aliphatic rings. The lowest BCUT2D eigenvalue weighted by molar-refractivity contribution is -0.384. The molecular formula is C25H31N5O5. The van der Waals surface area contributed by atoms with Crippen molar-refractivity contribution < 1.29 is 19.2 Å². The standard InChI is InChI=1S/C25H31N5O5/c31-24(19-5-3-6-21(17-19)30(33)34)27-20-7-8-23(29-11-1-2-12-29)22(18-20)25(32)26-9-4-10-28-13-15-35-16-14-28/h3,5-8,17-18H,1-2,4,9-16H2,(H,26,32)(H,27,31). The van der Waals surface area contributed by atoms with Gasteiger partial charge in [-0.1, -0.05) is 6.07 Å². The number of hydrogen-bond donors (Lipinski definition) is 2. The van der Waals surface area contributed by atoms with Gasteiger partial charge in [-0.2, -0.15) is 0 Å². The van der Waals surface area contributed by atoms with E-state index in [-0.39, 0.29) is 17.2 Å². The Morgan fingerprint density at radius 2 is 1.77 bits per heavy atom. The van der Waals surface area contributed by atoms with Crippen molar-refractivity contribution in [3.05, 3.63) is 63.7 Å². The lowest BCUT2D eigenvalue weighted by atomic mass is 10.1. The minimum atomic E-state index is -0.539. The number of nitrogens with zero attached hydrogens (tertiary/aromatic N) is 3. The lowest BCUT2D eigenvalue weighted by Gasteiger charge is -2.26. The van der Waals surface area contributed by atoms with Crippen LogP contribution >= 0.6 is 0 Å². The third-order valence-corrected chi connectivity index (χ3v) is 6.31. The van der Waals surface area contributed by atoms with E-state index < -0.39 is 10.8 Å². The van der Waals surface area contributed by atoms with E-state index in [1.54, 1.807) is 12.1 Å². The number of anilines is 2. The van der Waals surface area contributed by atoms with E-state index in [1.807, 2.05) is 6.07 Å². The molecule has 0 radical (unpaired) electrons. The number of nitro benzene ring substituents is 1. The Morgan fingerprint density at radius 3 is 2.51 bits per heavy atom. The molecule has 2 saturated heterocycles. The number of carbonyl (C=O) groups excluding carboxylic acids is 2. The highest BCUT2D eigenvalue weighted by Crippen LogP contribution is 2.28. The maximum atomic E-state index is 13.1. The fourth-order valence-corrected chi connectivity index (χ4v) is 4.42. The van der Waals surface area contributed by atoms with Crippen LogP contribution in [0.25, 0.3) is 0 Å². The van der Waals surface area contributed by atoms with Gasteiger partial charge in [-0.15, -0.1) is 0 Å². The molecule has 2 aliphatic heterocycles. The quantitative estimate of drug-likeness (QED) is 0.321. The number of benzene rings is 2. The number of rotatable bonds is 9. The summed E-state index contributed by atoms with van der Waals surface area (Å²) in [6.45, 7) is 6.56. The van der Waals surface area contributed by atoms with Gasteiger partial charge in [-0.05, 0) is 50.1 Å². The number of carbonyl (C=O) groups is 2. The van der Waals surface area contributed by atoms with Gasteiger partial charge in [0.2, 0.25) is 0 Å². The van der Waals surface area contributed by atoms with E-state index in [2.05, 4.69) is 20.4 Å². The Balaban J connectivity index is 1.44. The molecule has 10 nitrogen and oxygen atoms in total. The SMILES string of the molecule is O=C(Nc1ccc(N2CCCC2)c(C(=O)NCCCN2CCOCC2)c1)c1cccc([N+](=O)[O-])c1. The Morgan fingerprint density at radius 1 is 1.00 bits per heavy atom. The van der Waals surface area contributed by atoms with Gasteiger partial charge in [0.25, 0.3) is 17.5 Å². The molecule has 2 amide bonds. The van der Waals surface area contributed by atoms with Crippen LogP contribution < -0.4 is 15.5 Å². The predicted octanol–water partition coefficient (Wildman–Crippen LogP) is 2.90. The maximum Gasteiger partial charge on any atom is 0.270 e. The molecule has 2 heterocycles.